The lowest BCUT2D eigenvalue weighted by Crippen LogP contribution is -2.48. The second-order valence-corrected chi connectivity index (χ2v) is 13.7. The zero-order valence-electron chi connectivity index (χ0n) is 27.0. The van der Waals surface area contributed by atoms with E-state index in [1.807, 2.05) is 48.5 Å². The van der Waals surface area contributed by atoms with Crippen LogP contribution in [0.2, 0.25) is 6.32 Å². The zero-order chi connectivity index (χ0) is 32.5. The molecule has 2 amide bonds. The monoisotopic (exact) mass is 630 g/mol. The van der Waals surface area contributed by atoms with Crippen LogP contribution in [0.3, 0.4) is 0 Å². The summed E-state index contributed by atoms with van der Waals surface area (Å²) in [4.78, 5) is 32.1. The number of hydrogen-bond acceptors (Lipinski definition) is 6. The Kier molecular flexibility index (Phi) is 9.17. The van der Waals surface area contributed by atoms with Crippen LogP contribution in [0, 0.1) is 17.8 Å². The lowest BCUT2D eigenvalue weighted by atomic mass is 9.58. The second kappa shape index (κ2) is 13.6. The molecule has 1 aliphatic carbocycles. The first-order chi connectivity index (χ1) is 22.9. The molecule has 0 aromatic heterocycles. The topological polar surface area (TPSA) is 90.3 Å². The number of allylic oxidation sites excluding steroid dienone is 2. The maximum absolute atomic E-state index is 14.2. The average Bonchev–Trinajstić information content (AvgIpc) is 3.33. The number of phenolic OH excluding ortho intramolecular Hbond substituents is 1. The third kappa shape index (κ3) is 6.47. The van der Waals surface area contributed by atoms with E-state index in [0.717, 1.165) is 60.3 Å². The van der Waals surface area contributed by atoms with Crippen molar-refractivity contribution >= 4 is 30.6 Å². The number of piperidine rings is 1. The van der Waals surface area contributed by atoms with Gasteiger partial charge in [-0.05, 0) is 85.7 Å². The number of phenols is 1. The molecular weight excluding hydrogens is 587 g/mol. The minimum atomic E-state index is -0.999. The Morgan fingerprint density at radius 3 is 2.32 bits per heavy atom. The molecule has 0 unspecified atom stereocenters. The molecule has 47 heavy (non-hydrogen) atoms. The van der Waals surface area contributed by atoms with Crippen LogP contribution >= 0.6 is 0 Å². The number of carbonyl (C=O) groups excluding carboxylic acids is 2. The minimum absolute atomic E-state index is 0.0330. The average molecular weight is 631 g/mol. The molecule has 8 heteroatoms. The molecule has 3 saturated heterocycles. The fourth-order valence-corrected chi connectivity index (χ4v) is 8.52. The van der Waals surface area contributed by atoms with E-state index in [0.29, 0.717) is 25.6 Å². The highest BCUT2D eigenvalue weighted by Gasteiger charge is 2.58. The third-order valence-corrected chi connectivity index (χ3v) is 10.7. The van der Waals surface area contributed by atoms with Gasteiger partial charge in [-0.3, -0.25) is 19.4 Å². The van der Waals surface area contributed by atoms with Crippen LogP contribution in [0.1, 0.15) is 55.7 Å². The Balaban J connectivity index is 1.08. The highest BCUT2D eigenvalue weighted by Crippen LogP contribution is 2.51. The van der Waals surface area contributed by atoms with E-state index in [1.54, 1.807) is 11.0 Å². The molecule has 3 aromatic rings. The third-order valence-electron chi connectivity index (χ3n) is 10.7. The van der Waals surface area contributed by atoms with E-state index in [9.17, 15) is 19.7 Å². The standard InChI is InChI=1S/C39H43BN2O5/c1-26-22-32-37(39(45)42(38(32)44)31-18-20-41(21-19-31)25-27-10-4-2-5-11-27)33-24-40(46)47-35(36(26)33)17-16-29(28-12-6-3-7-13-28)23-30-14-8-9-15-34(30)43/h2-15,23,31-33,35,37,43,46H,16-22,24-25H2,1H3/b29-23-/t32-,33+,35-,37-/m1/s1. The number of rotatable bonds is 8. The summed E-state index contributed by atoms with van der Waals surface area (Å²) >= 11 is 0. The Labute approximate surface area is 277 Å². The predicted octanol–water partition coefficient (Wildman–Crippen LogP) is 6.19. The van der Waals surface area contributed by atoms with Crippen molar-refractivity contribution in [1.82, 2.24) is 9.80 Å². The number of likely N-dealkylation sites (tertiary alicyclic amines) is 2. The Morgan fingerprint density at radius 2 is 1.60 bits per heavy atom. The molecule has 4 aliphatic rings. The normalized spacial score (nSPS) is 25.7. The summed E-state index contributed by atoms with van der Waals surface area (Å²) in [6, 6.07) is 27.7. The van der Waals surface area contributed by atoms with Crippen LogP contribution in [0.25, 0.3) is 11.6 Å². The van der Waals surface area contributed by atoms with E-state index in [-0.39, 0.29) is 41.5 Å². The van der Waals surface area contributed by atoms with Gasteiger partial charge >= 0.3 is 7.12 Å². The molecule has 3 heterocycles. The van der Waals surface area contributed by atoms with Crippen molar-refractivity contribution in [2.75, 3.05) is 13.1 Å². The van der Waals surface area contributed by atoms with Gasteiger partial charge in [0.1, 0.15) is 5.75 Å². The molecule has 0 saturated carbocycles. The largest absolute Gasteiger partial charge is 0.507 e. The first kappa shape index (κ1) is 31.6. The van der Waals surface area contributed by atoms with Gasteiger partial charge in [0, 0.05) is 31.2 Å². The van der Waals surface area contributed by atoms with Gasteiger partial charge in [0.2, 0.25) is 11.8 Å². The van der Waals surface area contributed by atoms with Crippen molar-refractivity contribution in [2.24, 2.45) is 17.8 Å². The van der Waals surface area contributed by atoms with Crippen molar-refractivity contribution in [3.8, 4) is 5.75 Å². The fraction of sp³-hybridized carbons (Fsp3) is 0.385. The number of amides is 2. The van der Waals surface area contributed by atoms with E-state index < -0.39 is 13.0 Å². The van der Waals surface area contributed by atoms with E-state index >= 15 is 0 Å². The lowest BCUT2D eigenvalue weighted by Gasteiger charge is -2.42. The zero-order valence-corrected chi connectivity index (χ0v) is 27.0. The van der Waals surface area contributed by atoms with Gasteiger partial charge in [0.25, 0.3) is 0 Å². The molecule has 4 atom stereocenters. The summed E-state index contributed by atoms with van der Waals surface area (Å²) in [5.74, 6) is -0.911. The maximum Gasteiger partial charge on any atom is 0.455 e. The Hall–Kier alpha value is -3.98. The number of benzene rings is 3. The SMILES string of the molecule is CC1=C2[C@@H](CC/C(=C/c3ccccc3O)c3ccccc3)OB(O)C[C@@H]2[C@@H]2C(=O)N(C3CCN(Cc4ccccc4)CC3)C(=O)[C@@H]2C1. The van der Waals surface area contributed by atoms with Crippen LogP contribution in [0.4, 0.5) is 0 Å². The Bertz CT molecular complexity index is 1670. The summed E-state index contributed by atoms with van der Waals surface area (Å²) in [5.41, 5.74) is 6.32. The van der Waals surface area contributed by atoms with Crippen LogP contribution in [0.5, 0.6) is 5.75 Å². The molecule has 7 nitrogen and oxygen atoms in total. The molecule has 3 fully saturated rings. The van der Waals surface area contributed by atoms with Gasteiger partial charge in [-0.15, -0.1) is 0 Å². The lowest BCUT2D eigenvalue weighted by molar-refractivity contribution is -0.144. The highest BCUT2D eigenvalue weighted by molar-refractivity contribution is 6.43. The predicted molar refractivity (Wildman–Crippen MR) is 184 cm³/mol. The first-order valence-electron chi connectivity index (χ1n) is 17.1. The molecule has 0 bridgehead atoms. The van der Waals surface area contributed by atoms with E-state index in [2.05, 4.69) is 48.2 Å². The number of imide groups is 1. The van der Waals surface area contributed by atoms with Gasteiger partial charge in [-0.1, -0.05) is 84.4 Å². The van der Waals surface area contributed by atoms with Gasteiger partial charge < -0.3 is 14.8 Å². The van der Waals surface area contributed by atoms with Gasteiger partial charge in [0.05, 0.1) is 17.9 Å². The minimum Gasteiger partial charge on any atom is -0.507 e. The van der Waals surface area contributed by atoms with Crippen molar-refractivity contribution in [1.29, 1.82) is 0 Å². The summed E-state index contributed by atoms with van der Waals surface area (Å²) in [5, 5.41) is 21.5. The van der Waals surface area contributed by atoms with E-state index in [1.165, 1.54) is 5.56 Å². The van der Waals surface area contributed by atoms with Gasteiger partial charge in [0.15, 0.2) is 0 Å². The molecule has 2 N–H and O–H groups in total. The molecule has 0 spiro atoms. The van der Waals surface area contributed by atoms with Crippen LogP contribution < -0.4 is 0 Å². The smallest absolute Gasteiger partial charge is 0.455 e. The van der Waals surface area contributed by atoms with Crippen molar-refractivity contribution in [2.45, 2.75) is 64.0 Å². The van der Waals surface area contributed by atoms with Gasteiger partial charge in [-0.25, -0.2) is 0 Å². The number of fused-ring (bicyclic) bond motifs is 3. The number of nitrogens with zero attached hydrogens (tertiary/aromatic N) is 2. The van der Waals surface area contributed by atoms with Crippen molar-refractivity contribution in [3.05, 3.63) is 113 Å². The molecule has 3 aromatic carbocycles. The fourth-order valence-electron chi connectivity index (χ4n) is 8.52. The number of carbonyl (C=O) groups is 2. The summed E-state index contributed by atoms with van der Waals surface area (Å²) in [6.07, 6.45) is 5.36. The number of para-hydroxylation sites is 1. The second-order valence-electron chi connectivity index (χ2n) is 13.7. The molecule has 7 rings (SSSR count). The first-order valence-corrected chi connectivity index (χ1v) is 17.1. The number of aromatic hydroxyl groups is 1. The van der Waals surface area contributed by atoms with Gasteiger partial charge in [-0.2, -0.15) is 0 Å². The van der Waals surface area contributed by atoms with Crippen molar-refractivity contribution < 1.29 is 24.4 Å². The maximum atomic E-state index is 14.2. The highest BCUT2D eigenvalue weighted by atomic mass is 16.5. The van der Waals surface area contributed by atoms with Crippen molar-refractivity contribution in [3.63, 3.8) is 0 Å². The van der Waals surface area contributed by atoms with Crippen LogP contribution in [-0.4, -0.2) is 64.1 Å². The molecule has 0 radical (unpaired) electrons. The quantitative estimate of drug-likeness (QED) is 0.134. The van der Waals surface area contributed by atoms with E-state index in [4.69, 9.17) is 4.65 Å². The van der Waals surface area contributed by atoms with Crippen LogP contribution in [0.15, 0.2) is 96.1 Å². The summed E-state index contributed by atoms with van der Waals surface area (Å²) in [7, 11) is -0.999. The Morgan fingerprint density at radius 1 is 0.915 bits per heavy atom. The molecule has 3 aliphatic heterocycles. The summed E-state index contributed by atoms with van der Waals surface area (Å²) in [6.45, 7) is 4.66. The molecular formula is C39H43BN2O5. The number of hydrogen-bond donors (Lipinski definition) is 2. The summed E-state index contributed by atoms with van der Waals surface area (Å²) < 4.78 is 6.21. The molecule has 242 valence electrons. The van der Waals surface area contributed by atoms with Crippen LogP contribution in [-0.2, 0) is 20.8 Å².